The Morgan fingerprint density at radius 3 is 2.71 bits per heavy atom. The molecule has 31 heavy (non-hydrogen) atoms. The van der Waals surface area contributed by atoms with Crippen LogP contribution in [0.1, 0.15) is 29.5 Å². The van der Waals surface area contributed by atoms with Crippen LogP contribution in [0.4, 0.5) is 19.0 Å². The van der Waals surface area contributed by atoms with Crippen LogP contribution in [-0.2, 0) is 11.0 Å². The molecule has 0 spiro atoms. The van der Waals surface area contributed by atoms with Gasteiger partial charge >= 0.3 is 12.1 Å². The molecule has 2 aromatic heterocycles. The monoisotopic (exact) mass is 428 g/mol. The average Bonchev–Trinajstić information content (AvgIpc) is 3.41. The highest BCUT2D eigenvalue weighted by Crippen LogP contribution is 2.40. The van der Waals surface area contributed by atoms with Gasteiger partial charge in [0.1, 0.15) is 11.9 Å². The molecule has 158 valence electrons. The number of nitrogens with zero attached hydrogens (tertiary/aromatic N) is 5. The SMILES string of the molecule is N#Cc1ccc(N2CCC(C(N)=O)C2c2cccc(-c3noc(C(F)(F)F)n3)c2)nc1. The van der Waals surface area contributed by atoms with Crippen molar-refractivity contribution in [3.8, 4) is 17.5 Å². The normalized spacial score (nSPS) is 18.7. The first kappa shape index (κ1) is 20.3. The third-order valence-electron chi connectivity index (χ3n) is 5.09. The molecule has 1 aliphatic heterocycles. The minimum atomic E-state index is -4.75. The van der Waals surface area contributed by atoms with E-state index in [4.69, 9.17) is 11.0 Å². The Hall–Kier alpha value is -3.94. The number of amides is 1. The largest absolute Gasteiger partial charge is 0.471 e. The van der Waals surface area contributed by atoms with Crippen LogP contribution in [-0.4, -0.2) is 27.6 Å². The summed E-state index contributed by atoms with van der Waals surface area (Å²) in [6.45, 7) is 0.488. The van der Waals surface area contributed by atoms with Crippen LogP contribution in [0.25, 0.3) is 11.4 Å². The summed E-state index contributed by atoms with van der Waals surface area (Å²) >= 11 is 0. The molecule has 1 aliphatic rings. The number of aromatic nitrogens is 3. The van der Waals surface area contributed by atoms with Gasteiger partial charge in [0, 0.05) is 18.3 Å². The van der Waals surface area contributed by atoms with Gasteiger partial charge in [-0.2, -0.15) is 23.4 Å². The quantitative estimate of drug-likeness (QED) is 0.678. The standard InChI is InChI=1S/C20H15F3N6O2/c21-20(22,23)19-27-18(28-31-19)13-3-1-2-12(8-13)16-14(17(25)30)6-7-29(16)15-5-4-11(9-24)10-26-15/h1-5,8,10,14,16H,6-7H2,(H2,25,30). The summed E-state index contributed by atoms with van der Waals surface area (Å²) < 4.78 is 42.7. The van der Waals surface area contributed by atoms with E-state index in [2.05, 4.69) is 19.6 Å². The molecule has 2 atom stereocenters. The van der Waals surface area contributed by atoms with Crippen molar-refractivity contribution in [1.29, 1.82) is 5.26 Å². The van der Waals surface area contributed by atoms with Crippen molar-refractivity contribution in [2.75, 3.05) is 11.4 Å². The lowest BCUT2D eigenvalue weighted by molar-refractivity contribution is -0.159. The maximum atomic E-state index is 12.8. The lowest BCUT2D eigenvalue weighted by atomic mass is 9.92. The molecule has 0 aliphatic carbocycles. The minimum Gasteiger partial charge on any atom is -0.369 e. The summed E-state index contributed by atoms with van der Waals surface area (Å²) in [6.07, 6.45) is -2.84. The molecule has 2 N–H and O–H groups in total. The molecule has 3 aromatic rings. The Morgan fingerprint density at radius 1 is 1.29 bits per heavy atom. The van der Waals surface area contributed by atoms with Gasteiger partial charge < -0.3 is 15.2 Å². The third-order valence-corrected chi connectivity index (χ3v) is 5.09. The fraction of sp³-hybridized carbons (Fsp3) is 0.250. The summed E-state index contributed by atoms with van der Waals surface area (Å²) in [5.41, 5.74) is 6.96. The number of primary amides is 1. The number of rotatable bonds is 4. The predicted molar refractivity (Wildman–Crippen MR) is 101 cm³/mol. The maximum Gasteiger partial charge on any atom is 0.471 e. The second-order valence-electron chi connectivity index (χ2n) is 7.00. The van der Waals surface area contributed by atoms with E-state index in [1.54, 1.807) is 36.4 Å². The van der Waals surface area contributed by atoms with Gasteiger partial charge in [-0.05, 0) is 30.2 Å². The number of anilines is 1. The molecule has 0 bridgehead atoms. The van der Waals surface area contributed by atoms with E-state index in [0.29, 0.717) is 35.5 Å². The van der Waals surface area contributed by atoms with E-state index in [9.17, 15) is 18.0 Å². The van der Waals surface area contributed by atoms with E-state index in [1.165, 1.54) is 6.20 Å². The fourth-order valence-electron chi connectivity index (χ4n) is 3.70. The molecule has 1 amide bonds. The number of carbonyl (C=O) groups is 1. The topological polar surface area (TPSA) is 122 Å². The number of hydrogen-bond acceptors (Lipinski definition) is 7. The number of pyridine rings is 1. The van der Waals surface area contributed by atoms with Gasteiger partial charge in [-0.25, -0.2) is 4.98 Å². The first-order valence-corrected chi connectivity index (χ1v) is 9.21. The summed E-state index contributed by atoms with van der Waals surface area (Å²) in [7, 11) is 0. The molecule has 11 heteroatoms. The molecule has 1 aromatic carbocycles. The van der Waals surface area contributed by atoms with Gasteiger partial charge in [-0.15, -0.1) is 0 Å². The van der Waals surface area contributed by atoms with Crippen molar-refractivity contribution in [2.24, 2.45) is 11.7 Å². The molecule has 3 heterocycles. The first-order valence-electron chi connectivity index (χ1n) is 9.21. The molecule has 1 fully saturated rings. The van der Waals surface area contributed by atoms with Crippen molar-refractivity contribution in [3.05, 3.63) is 59.6 Å². The molecule has 0 radical (unpaired) electrons. The van der Waals surface area contributed by atoms with Crippen molar-refractivity contribution in [2.45, 2.75) is 18.6 Å². The number of nitriles is 1. The van der Waals surface area contributed by atoms with Crippen LogP contribution in [0.3, 0.4) is 0 Å². The molecule has 4 rings (SSSR count). The van der Waals surface area contributed by atoms with Gasteiger partial charge in [0.15, 0.2) is 0 Å². The van der Waals surface area contributed by atoms with E-state index in [-0.39, 0.29) is 5.82 Å². The van der Waals surface area contributed by atoms with Gasteiger partial charge in [-0.3, -0.25) is 4.79 Å². The van der Waals surface area contributed by atoms with Crippen LogP contribution >= 0.6 is 0 Å². The van der Waals surface area contributed by atoms with Crippen molar-refractivity contribution >= 4 is 11.7 Å². The number of halogens is 3. The smallest absolute Gasteiger partial charge is 0.369 e. The van der Waals surface area contributed by atoms with Crippen molar-refractivity contribution < 1.29 is 22.5 Å². The van der Waals surface area contributed by atoms with Crippen LogP contribution in [0, 0.1) is 17.2 Å². The number of hydrogen-bond donors (Lipinski definition) is 1. The minimum absolute atomic E-state index is 0.217. The predicted octanol–water partition coefficient (Wildman–Crippen LogP) is 3.07. The van der Waals surface area contributed by atoms with Crippen LogP contribution in [0.15, 0.2) is 47.1 Å². The van der Waals surface area contributed by atoms with E-state index >= 15 is 0 Å². The molecule has 2 unspecified atom stereocenters. The number of nitrogens with two attached hydrogens (primary N) is 1. The Balaban J connectivity index is 1.72. The highest BCUT2D eigenvalue weighted by atomic mass is 19.4. The Morgan fingerprint density at radius 2 is 2.10 bits per heavy atom. The molecule has 1 saturated heterocycles. The summed E-state index contributed by atoms with van der Waals surface area (Å²) in [5, 5.41) is 12.4. The van der Waals surface area contributed by atoms with Crippen LogP contribution in [0.5, 0.6) is 0 Å². The maximum absolute atomic E-state index is 12.8. The lowest BCUT2D eigenvalue weighted by Crippen LogP contribution is -2.32. The number of carbonyl (C=O) groups excluding carboxylic acids is 1. The Kier molecular flexibility index (Phi) is 5.06. The van der Waals surface area contributed by atoms with Gasteiger partial charge in [0.05, 0.1) is 17.5 Å². The highest BCUT2D eigenvalue weighted by Gasteiger charge is 2.40. The zero-order valence-corrected chi connectivity index (χ0v) is 15.9. The average molecular weight is 428 g/mol. The Labute approximate surface area is 174 Å². The van der Waals surface area contributed by atoms with Crippen LogP contribution < -0.4 is 10.6 Å². The van der Waals surface area contributed by atoms with Gasteiger partial charge in [0.25, 0.3) is 0 Å². The third kappa shape index (κ3) is 3.92. The number of alkyl halides is 3. The second kappa shape index (κ2) is 7.71. The molecule has 8 nitrogen and oxygen atoms in total. The van der Waals surface area contributed by atoms with E-state index in [0.717, 1.165) is 0 Å². The second-order valence-corrected chi connectivity index (χ2v) is 7.00. The lowest BCUT2D eigenvalue weighted by Gasteiger charge is -2.28. The Bertz CT molecular complexity index is 1150. The highest BCUT2D eigenvalue weighted by molar-refractivity contribution is 5.79. The molecular formula is C20H15F3N6O2. The zero-order valence-electron chi connectivity index (χ0n) is 15.9. The summed E-state index contributed by atoms with van der Waals surface area (Å²) in [5.74, 6) is -2.13. The first-order chi connectivity index (χ1) is 14.8. The number of benzene rings is 1. The summed E-state index contributed by atoms with van der Waals surface area (Å²) in [4.78, 5) is 21.7. The van der Waals surface area contributed by atoms with Crippen molar-refractivity contribution in [1.82, 2.24) is 15.1 Å². The van der Waals surface area contributed by atoms with Gasteiger partial charge in [0.2, 0.25) is 11.7 Å². The summed E-state index contributed by atoms with van der Waals surface area (Å²) in [6, 6.07) is 11.3. The molecular weight excluding hydrogens is 413 g/mol. The van der Waals surface area contributed by atoms with Gasteiger partial charge in [-0.1, -0.05) is 23.4 Å². The fourth-order valence-corrected chi connectivity index (χ4v) is 3.70. The van der Waals surface area contributed by atoms with E-state index in [1.807, 2.05) is 11.0 Å². The van der Waals surface area contributed by atoms with E-state index < -0.39 is 29.9 Å². The molecule has 0 saturated carbocycles. The van der Waals surface area contributed by atoms with Crippen LogP contribution in [0.2, 0.25) is 0 Å². The zero-order chi connectivity index (χ0) is 22.2. The van der Waals surface area contributed by atoms with Crippen molar-refractivity contribution in [3.63, 3.8) is 0 Å².